The lowest BCUT2D eigenvalue weighted by Crippen LogP contribution is -2.32. The molecule has 1 heterocycles. The molecule has 1 aromatic heterocycles. The van der Waals surface area contributed by atoms with Crippen LogP contribution in [0.25, 0.3) is 0 Å². The third-order valence-electron chi connectivity index (χ3n) is 2.36. The normalized spacial score (nSPS) is 11.8. The molecule has 0 saturated heterocycles. The summed E-state index contributed by atoms with van der Waals surface area (Å²) in [5, 5.41) is 3.41. The number of hydrogen-bond donors (Lipinski definition) is 0. The summed E-state index contributed by atoms with van der Waals surface area (Å²) in [4.78, 5) is 13.7. The minimum atomic E-state index is -4.55. The first-order valence-corrected chi connectivity index (χ1v) is 5.94. The molecule has 0 N–H and O–H groups in total. The van der Waals surface area contributed by atoms with Crippen LogP contribution in [-0.4, -0.2) is 28.8 Å². The van der Waals surface area contributed by atoms with Gasteiger partial charge in [-0.25, -0.2) is 4.68 Å². The largest absolute Gasteiger partial charge is 0.435 e. The van der Waals surface area contributed by atoms with Gasteiger partial charge in [0.2, 0.25) is 0 Å². The van der Waals surface area contributed by atoms with E-state index < -0.39 is 17.4 Å². The zero-order valence-corrected chi connectivity index (χ0v) is 12.7. The lowest BCUT2D eigenvalue weighted by atomic mass is 10.2. The lowest BCUT2D eigenvalue weighted by Gasteiger charge is -2.15. The van der Waals surface area contributed by atoms with Gasteiger partial charge in [0, 0.05) is 18.7 Å². The van der Waals surface area contributed by atoms with Gasteiger partial charge >= 0.3 is 6.18 Å². The molecule has 0 aliphatic rings. The highest BCUT2D eigenvalue weighted by Crippen LogP contribution is 2.27. The van der Waals surface area contributed by atoms with Crippen LogP contribution < -0.4 is 5.56 Å². The maximum Gasteiger partial charge on any atom is 0.435 e. The molecule has 0 bridgehead atoms. The second-order valence-electron chi connectivity index (χ2n) is 5.17. The fourth-order valence-corrected chi connectivity index (χ4v) is 1.66. The van der Waals surface area contributed by atoms with Crippen molar-refractivity contribution >= 4 is 12.4 Å². The summed E-state index contributed by atoms with van der Waals surface area (Å²) in [6.45, 7) is 3.96. The topological polar surface area (TPSA) is 38.1 Å². The Morgan fingerprint density at radius 2 is 1.90 bits per heavy atom. The Morgan fingerprint density at radius 3 is 2.30 bits per heavy atom. The molecular weight excluding hydrogens is 295 g/mol. The van der Waals surface area contributed by atoms with Gasteiger partial charge in [-0.05, 0) is 26.1 Å². The number of alkyl halides is 3. The summed E-state index contributed by atoms with van der Waals surface area (Å²) in [7, 11) is 3.39. The van der Waals surface area contributed by atoms with E-state index in [-0.39, 0.29) is 37.0 Å². The monoisotopic (exact) mass is 313 g/mol. The Labute approximate surface area is 122 Å². The van der Waals surface area contributed by atoms with Gasteiger partial charge in [0.05, 0.1) is 0 Å². The van der Waals surface area contributed by atoms with Crippen LogP contribution in [0.4, 0.5) is 13.2 Å². The van der Waals surface area contributed by atoms with Crippen LogP contribution in [0.3, 0.4) is 0 Å². The highest BCUT2D eigenvalue weighted by Gasteiger charge is 2.34. The molecule has 4 nitrogen and oxygen atoms in total. The molecule has 0 aliphatic heterocycles. The molecule has 20 heavy (non-hydrogen) atoms. The first-order chi connectivity index (χ1) is 8.61. The van der Waals surface area contributed by atoms with Gasteiger partial charge in [-0.3, -0.25) is 4.79 Å². The van der Waals surface area contributed by atoms with E-state index in [9.17, 15) is 18.0 Å². The fourth-order valence-electron chi connectivity index (χ4n) is 1.66. The van der Waals surface area contributed by atoms with Crippen LogP contribution >= 0.6 is 12.4 Å². The van der Waals surface area contributed by atoms with E-state index in [1.165, 1.54) is 0 Å². The predicted octanol–water partition coefficient (Wildman–Crippen LogP) is 2.40. The molecule has 0 aliphatic carbocycles. The van der Waals surface area contributed by atoms with Gasteiger partial charge < -0.3 is 4.90 Å². The average molecular weight is 314 g/mol. The molecule has 0 saturated carbocycles. The molecule has 0 radical (unpaired) electrons. The molecule has 0 spiro atoms. The predicted molar refractivity (Wildman–Crippen MR) is 73.0 cm³/mol. The maximum absolute atomic E-state index is 12.8. The van der Waals surface area contributed by atoms with Crippen LogP contribution in [-0.2, 0) is 19.3 Å². The van der Waals surface area contributed by atoms with Crippen molar-refractivity contribution in [2.45, 2.75) is 33.1 Å². The van der Waals surface area contributed by atoms with Crippen molar-refractivity contribution in [3.05, 3.63) is 27.7 Å². The van der Waals surface area contributed by atoms with Gasteiger partial charge in [0.25, 0.3) is 5.56 Å². The van der Waals surface area contributed by atoms with E-state index in [1.54, 1.807) is 19.0 Å². The van der Waals surface area contributed by atoms with Gasteiger partial charge in [-0.15, -0.1) is 12.4 Å². The second kappa shape index (κ2) is 7.08. The number of halogens is 4. The van der Waals surface area contributed by atoms with Crippen molar-refractivity contribution in [3.63, 3.8) is 0 Å². The summed E-state index contributed by atoms with van der Waals surface area (Å²) in [6.07, 6.45) is -4.55. The minimum absolute atomic E-state index is 0. The Kier molecular flexibility index (Phi) is 6.70. The van der Waals surface area contributed by atoms with Crippen LogP contribution in [0.15, 0.2) is 10.9 Å². The zero-order valence-electron chi connectivity index (χ0n) is 11.9. The molecular formula is C12H19ClF3N3O. The summed E-state index contributed by atoms with van der Waals surface area (Å²) >= 11 is 0. The fraction of sp³-hybridized carbons (Fsp3) is 0.667. The number of aromatic nitrogens is 2. The molecule has 1 aromatic rings. The van der Waals surface area contributed by atoms with Gasteiger partial charge in [0.15, 0.2) is 5.69 Å². The third-order valence-corrected chi connectivity index (χ3v) is 2.36. The smallest absolute Gasteiger partial charge is 0.305 e. The first-order valence-electron chi connectivity index (χ1n) is 5.94. The van der Waals surface area contributed by atoms with Crippen LogP contribution in [0.1, 0.15) is 25.1 Å². The number of nitrogens with zero attached hydrogens (tertiary/aromatic N) is 3. The molecule has 116 valence electrons. The van der Waals surface area contributed by atoms with Crippen LogP contribution in [0, 0.1) is 5.92 Å². The maximum atomic E-state index is 12.8. The SMILES string of the molecule is CC(C)Cn1nc(C(F)(F)F)cc(CN(C)C)c1=O.Cl. The minimum Gasteiger partial charge on any atom is -0.305 e. The lowest BCUT2D eigenvalue weighted by molar-refractivity contribution is -0.142. The summed E-state index contributed by atoms with van der Waals surface area (Å²) < 4.78 is 39.2. The summed E-state index contributed by atoms with van der Waals surface area (Å²) in [5.74, 6) is 0.0425. The van der Waals surface area contributed by atoms with Gasteiger partial charge in [-0.1, -0.05) is 13.8 Å². The average Bonchev–Trinajstić information content (AvgIpc) is 2.20. The van der Waals surface area contributed by atoms with E-state index in [4.69, 9.17) is 0 Å². The summed E-state index contributed by atoms with van der Waals surface area (Å²) in [5.41, 5.74) is -1.38. The standard InChI is InChI=1S/C12H18F3N3O.ClH/c1-8(2)6-18-11(19)9(7-17(3)4)5-10(16-18)12(13,14)15;/h5,8H,6-7H2,1-4H3;1H. The Balaban J connectivity index is 0.00000361. The second-order valence-corrected chi connectivity index (χ2v) is 5.17. The molecule has 1 rings (SSSR count). The number of hydrogen-bond acceptors (Lipinski definition) is 3. The van der Waals surface area contributed by atoms with E-state index in [1.807, 2.05) is 13.8 Å². The number of rotatable bonds is 4. The molecule has 0 unspecified atom stereocenters. The van der Waals surface area contributed by atoms with Crippen molar-refractivity contribution in [1.29, 1.82) is 0 Å². The van der Waals surface area contributed by atoms with E-state index >= 15 is 0 Å². The third kappa shape index (κ3) is 5.13. The van der Waals surface area contributed by atoms with Crippen LogP contribution in [0.2, 0.25) is 0 Å². The van der Waals surface area contributed by atoms with E-state index in [0.29, 0.717) is 0 Å². The van der Waals surface area contributed by atoms with E-state index in [2.05, 4.69) is 5.10 Å². The highest BCUT2D eigenvalue weighted by molar-refractivity contribution is 5.85. The van der Waals surface area contributed by atoms with Crippen molar-refractivity contribution in [3.8, 4) is 0 Å². The molecule has 8 heteroatoms. The molecule has 0 atom stereocenters. The van der Waals surface area contributed by atoms with E-state index in [0.717, 1.165) is 10.7 Å². The Morgan fingerprint density at radius 1 is 1.35 bits per heavy atom. The molecule has 0 aromatic carbocycles. The van der Waals surface area contributed by atoms with Gasteiger partial charge in [0.1, 0.15) is 0 Å². The zero-order chi connectivity index (χ0) is 14.8. The van der Waals surface area contributed by atoms with Gasteiger partial charge in [-0.2, -0.15) is 18.3 Å². The Bertz CT molecular complexity index is 463. The van der Waals surface area contributed by atoms with Crippen LogP contribution in [0.5, 0.6) is 0 Å². The summed E-state index contributed by atoms with van der Waals surface area (Å²) in [6, 6.07) is 0.832. The quantitative estimate of drug-likeness (QED) is 0.857. The van der Waals surface area contributed by atoms with Crippen molar-refractivity contribution in [2.75, 3.05) is 14.1 Å². The molecule has 0 fully saturated rings. The highest BCUT2D eigenvalue weighted by atomic mass is 35.5. The van der Waals surface area contributed by atoms with Crippen molar-refractivity contribution in [2.24, 2.45) is 5.92 Å². The van der Waals surface area contributed by atoms with Crippen molar-refractivity contribution in [1.82, 2.24) is 14.7 Å². The Hall–Kier alpha value is -1.08. The first kappa shape index (κ1) is 18.9. The van der Waals surface area contributed by atoms with Crippen molar-refractivity contribution < 1.29 is 13.2 Å². The molecule has 0 amide bonds.